The van der Waals surface area contributed by atoms with E-state index in [0.717, 1.165) is 41.0 Å². The predicted octanol–water partition coefficient (Wildman–Crippen LogP) is 5.76. The number of aryl methyl sites for hydroxylation is 2. The molecule has 0 radical (unpaired) electrons. The number of thioether (sulfide) groups is 2. The molecule has 1 aliphatic rings. The van der Waals surface area contributed by atoms with E-state index in [1.165, 1.54) is 37.7 Å². The van der Waals surface area contributed by atoms with E-state index < -0.39 is 0 Å². The highest BCUT2D eigenvalue weighted by atomic mass is 32.2. The summed E-state index contributed by atoms with van der Waals surface area (Å²) in [6, 6.07) is 8.16. The molecular weight excluding hydrogens is 400 g/mol. The molecule has 3 rings (SSSR count). The minimum atomic E-state index is 0.109. The van der Waals surface area contributed by atoms with Crippen molar-refractivity contribution < 1.29 is 9.21 Å². The van der Waals surface area contributed by atoms with Crippen LogP contribution in [0.25, 0.3) is 11.5 Å². The number of hydrogen-bond donors (Lipinski definition) is 1. The SMILES string of the molecule is Cc1ccc(-c2nc(CSCC(=O)NCCCSC3CCCCC3)c(C)o2)cc1. The first-order chi connectivity index (χ1) is 14.1. The molecule has 0 bridgehead atoms. The molecule has 0 saturated heterocycles. The predicted molar refractivity (Wildman–Crippen MR) is 125 cm³/mol. The van der Waals surface area contributed by atoms with Gasteiger partial charge in [-0.1, -0.05) is 37.0 Å². The van der Waals surface area contributed by atoms with Crippen LogP contribution in [0.15, 0.2) is 28.7 Å². The van der Waals surface area contributed by atoms with Crippen LogP contribution in [0, 0.1) is 13.8 Å². The molecule has 0 spiro atoms. The van der Waals surface area contributed by atoms with Crippen molar-refractivity contribution in [1.82, 2.24) is 10.3 Å². The fourth-order valence-corrected chi connectivity index (χ4v) is 5.62. The van der Waals surface area contributed by atoms with Crippen LogP contribution >= 0.6 is 23.5 Å². The van der Waals surface area contributed by atoms with E-state index >= 15 is 0 Å². The Balaban J connectivity index is 1.31. The molecule has 2 aromatic rings. The highest BCUT2D eigenvalue weighted by Gasteiger charge is 2.14. The highest BCUT2D eigenvalue weighted by molar-refractivity contribution is 7.99. The summed E-state index contributed by atoms with van der Waals surface area (Å²) < 4.78 is 5.81. The lowest BCUT2D eigenvalue weighted by Gasteiger charge is -2.20. The molecule has 4 nitrogen and oxygen atoms in total. The van der Waals surface area contributed by atoms with Crippen molar-refractivity contribution in [2.24, 2.45) is 0 Å². The highest BCUT2D eigenvalue weighted by Crippen LogP contribution is 2.28. The first-order valence-corrected chi connectivity index (χ1v) is 12.8. The molecule has 1 saturated carbocycles. The van der Waals surface area contributed by atoms with Gasteiger partial charge in [0.2, 0.25) is 11.8 Å². The Morgan fingerprint density at radius 3 is 2.69 bits per heavy atom. The van der Waals surface area contributed by atoms with Gasteiger partial charge in [0.05, 0.1) is 11.4 Å². The lowest BCUT2D eigenvalue weighted by Crippen LogP contribution is -2.26. The minimum absolute atomic E-state index is 0.109. The molecule has 1 fully saturated rings. The van der Waals surface area contributed by atoms with Gasteiger partial charge in [0.1, 0.15) is 5.76 Å². The van der Waals surface area contributed by atoms with Gasteiger partial charge in [-0.15, -0.1) is 11.8 Å². The van der Waals surface area contributed by atoms with Crippen LogP contribution in [0.5, 0.6) is 0 Å². The van der Waals surface area contributed by atoms with E-state index in [4.69, 9.17) is 4.42 Å². The number of nitrogens with one attached hydrogen (secondary N) is 1. The van der Waals surface area contributed by atoms with Gasteiger partial charge in [0.25, 0.3) is 0 Å². The zero-order valence-electron chi connectivity index (χ0n) is 17.5. The maximum absolute atomic E-state index is 12.1. The van der Waals surface area contributed by atoms with Gasteiger partial charge in [0.15, 0.2) is 0 Å². The summed E-state index contributed by atoms with van der Waals surface area (Å²) in [7, 11) is 0. The van der Waals surface area contributed by atoms with Crippen molar-refractivity contribution in [3.8, 4) is 11.5 Å². The molecule has 1 heterocycles. The van der Waals surface area contributed by atoms with E-state index in [1.54, 1.807) is 11.8 Å². The lowest BCUT2D eigenvalue weighted by molar-refractivity contribution is -0.118. The molecule has 1 N–H and O–H groups in total. The Morgan fingerprint density at radius 1 is 1.17 bits per heavy atom. The van der Waals surface area contributed by atoms with Gasteiger partial charge in [-0.05, 0) is 51.0 Å². The van der Waals surface area contributed by atoms with Gasteiger partial charge in [-0.3, -0.25) is 4.79 Å². The molecular formula is C23H32N2O2S2. The summed E-state index contributed by atoms with van der Waals surface area (Å²) >= 11 is 3.68. The number of nitrogens with zero attached hydrogens (tertiary/aromatic N) is 1. The summed E-state index contributed by atoms with van der Waals surface area (Å²) in [6.45, 7) is 4.78. The van der Waals surface area contributed by atoms with E-state index in [1.807, 2.05) is 19.1 Å². The fraction of sp³-hybridized carbons (Fsp3) is 0.565. The first-order valence-electron chi connectivity index (χ1n) is 10.6. The molecule has 1 amide bonds. The molecule has 1 aliphatic carbocycles. The van der Waals surface area contributed by atoms with E-state index in [2.05, 4.69) is 41.1 Å². The van der Waals surface area contributed by atoms with Gasteiger partial charge in [-0.25, -0.2) is 4.98 Å². The van der Waals surface area contributed by atoms with Crippen LogP contribution in [-0.4, -0.2) is 34.2 Å². The second kappa shape index (κ2) is 11.7. The Labute approximate surface area is 183 Å². The largest absolute Gasteiger partial charge is 0.441 e. The molecule has 0 aliphatic heterocycles. The average Bonchev–Trinajstić information content (AvgIpc) is 3.09. The van der Waals surface area contributed by atoms with Crippen molar-refractivity contribution in [3.63, 3.8) is 0 Å². The summed E-state index contributed by atoms with van der Waals surface area (Å²) in [5.74, 6) is 3.88. The monoisotopic (exact) mass is 432 g/mol. The topological polar surface area (TPSA) is 55.1 Å². The third-order valence-corrected chi connectivity index (χ3v) is 7.62. The quantitative estimate of drug-likeness (QED) is 0.483. The number of carbonyl (C=O) groups excluding carboxylic acids is 1. The van der Waals surface area contributed by atoms with Crippen LogP contribution < -0.4 is 5.32 Å². The first kappa shape index (κ1) is 22.3. The number of benzene rings is 1. The van der Waals surface area contributed by atoms with Crippen LogP contribution in [0.1, 0.15) is 55.5 Å². The molecule has 6 heteroatoms. The number of oxazole rings is 1. The van der Waals surface area contributed by atoms with Crippen LogP contribution in [0.3, 0.4) is 0 Å². The number of rotatable bonds is 10. The summed E-state index contributed by atoms with van der Waals surface area (Å²) in [5.41, 5.74) is 3.12. The van der Waals surface area contributed by atoms with Crippen LogP contribution in [0.2, 0.25) is 0 Å². The molecule has 0 unspecified atom stereocenters. The Morgan fingerprint density at radius 2 is 1.93 bits per heavy atom. The summed E-state index contributed by atoms with van der Waals surface area (Å²) in [4.78, 5) is 16.7. The second-order valence-electron chi connectivity index (χ2n) is 7.72. The smallest absolute Gasteiger partial charge is 0.230 e. The van der Waals surface area contributed by atoms with Crippen LogP contribution in [-0.2, 0) is 10.5 Å². The zero-order chi connectivity index (χ0) is 20.5. The molecule has 29 heavy (non-hydrogen) atoms. The number of aromatic nitrogens is 1. The van der Waals surface area contributed by atoms with E-state index in [-0.39, 0.29) is 5.91 Å². The second-order valence-corrected chi connectivity index (χ2v) is 10.1. The van der Waals surface area contributed by atoms with Crippen LogP contribution in [0.4, 0.5) is 0 Å². The van der Waals surface area contributed by atoms with Crippen molar-refractivity contribution in [2.75, 3.05) is 18.1 Å². The Hall–Kier alpha value is -1.40. The Bertz CT molecular complexity index is 768. The van der Waals surface area contributed by atoms with Gasteiger partial charge < -0.3 is 9.73 Å². The summed E-state index contributed by atoms with van der Waals surface area (Å²) in [6.07, 6.45) is 8.00. The minimum Gasteiger partial charge on any atom is -0.441 e. The van der Waals surface area contributed by atoms with Crippen molar-refractivity contribution in [2.45, 2.75) is 63.4 Å². The summed E-state index contributed by atoms with van der Waals surface area (Å²) in [5, 5.41) is 3.89. The maximum Gasteiger partial charge on any atom is 0.230 e. The number of amides is 1. The van der Waals surface area contributed by atoms with E-state index in [9.17, 15) is 4.79 Å². The van der Waals surface area contributed by atoms with E-state index in [0.29, 0.717) is 17.4 Å². The third-order valence-electron chi connectivity index (χ3n) is 5.21. The molecule has 1 aromatic heterocycles. The molecule has 1 aromatic carbocycles. The normalized spacial score (nSPS) is 14.8. The van der Waals surface area contributed by atoms with Gasteiger partial charge >= 0.3 is 0 Å². The molecule has 158 valence electrons. The number of hydrogen-bond acceptors (Lipinski definition) is 5. The zero-order valence-corrected chi connectivity index (χ0v) is 19.2. The third kappa shape index (κ3) is 7.41. The Kier molecular flexibility index (Phi) is 8.99. The van der Waals surface area contributed by atoms with Crippen molar-refractivity contribution in [1.29, 1.82) is 0 Å². The number of carbonyl (C=O) groups is 1. The van der Waals surface area contributed by atoms with Crippen molar-refractivity contribution in [3.05, 3.63) is 41.3 Å². The average molecular weight is 433 g/mol. The van der Waals surface area contributed by atoms with Gasteiger partial charge in [-0.2, -0.15) is 11.8 Å². The lowest BCUT2D eigenvalue weighted by atomic mass is 10.0. The molecule has 0 atom stereocenters. The van der Waals surface area contributed by atoms with Gasteiger partial charge in [0, 0.05) is 23.1 Å². The standard InChI is InChI=1S/C23H32N2O2S2/c1-17-9-11-19(12-10-17)23-25-21(18(2)27-23)15-28-16-22(26)24-13-6-14-29-20-7-4-3-5-8-20/h9-12,20H,3-8,13-16H2,1-2H3,(H,24,26). The fourth-order valence-electron chi connectivity index (χ4n) is 3.45. The maximum atomic E-state index is 12.1. The van der Waals surface area contributed by atoms with Crippen molar-refractivity contribution >= 4 is 29.4 Å².